The zero-order chi connectivity index (χ0) is 11.1. The molecule has 1 aromatic rings. The third kappa shape index (κ3) is 5.00. The fourth-order valence-electron chi connectivity index (χ4n) is 1.16. The summed E-state index contributed by atoms with van der Waals surface area (Å²) in [7, 11) is 1.61. The molecule has 0 bridgehead atoms. The first-order valence-corrected chi connectivity index (χ1v) is 5.91. The molecule has 0 amide bonds. The first kappa shape index (κ1) is 12.3. The third-order valence-corrected chi connectivity index (χ3v) is 3.03. The molecule has 2 nitrogen and oxygen atoms in total. The summed E-state index contributed by atoms with van der Waals surface area (Å²) in [6.07, 6.45) is 0.509. The van der Waals surface area contributed by atoms with E-state index in [2.05, 4.69) is 19.1 Å². The molecular formula is C12H16O2S. The molecule has 0 spiro atoms. The van der Waals surface area contributed by atoms with E-state index in [4.69, 9.17) is 4.74 Å². The Bertz CT molecular complexity index is 323. The fourth-order valence-corrected chi connectivity index (χ4v) is 2.07. The van der Waals surface area contributed by atoms with E-state index in [1.165, 1.54) is 5.56 Å². The van der Waals surface area contributed by atoms with Gasteiger partial charge in [-0.25, -0.2) is 0 Å². The van der Waals surface area contributed by atoms with Crippen LogP contribution in [0.2, 0.25) is 0 Å². The molecule has 3 heteroatoms. The number of thioether (sulfide) groups is 1. The second kappa shape index (κ2) is 6.64. The van der Waals surface area contributed by atoms with E-state index in [0.29, 0.717) is 18.8 Å². The lowest BCUT2D eigenvalue weighted by molar-refractivity contribution is -0.117. The van der Waals surface area contributed by atoms with Crippen LogP contribution >= 0.6 is 11.8 Å². The number of ketones is 1. The van der Waals surface area contributed by atoms with Crippen LogP contribution in [0.5, 0.6) is 0 Å². The van der Waals surface area contributed by atoms with Gasteiger partial charge in [0, 0.05) is 18.4 Å². The lowest BCUT2D eigenvalue weighted by Crippen LogP contribution is -2.04. The summed E-state index contributed by atoms with van der Waals surface area (Å²) >= 11 is 1.59. The third-order valence-electron chi connectivity index (χ3n) is 1.97. The van der Waals surface area contributed by atoms with E-state index >= 15 is 0 Å². The van der Waals surface area contributed by atoms with Gasteiger partial charge in [0.15, 0.2) is 0 Å². The first-order valence-electron chi connectivity index (χ1n) is 4.92. The number of carbonyl (C=O) groups is 1. The molecule has 0 fully saturated rings. The van der Waals surface area contributed by atoms with Gasteiger partial charge < -0.3 is 4.74 Å². The summed E-state index contributed by atoms with van der Waals surface area (Å²) in [5.41, 5.74) is 1.23. The smallest absolute Gasteiger partial charge is 0.145 e. The molecule has 0 saturated carbocycles. The number of aryl methyl sites for hydroxylation is 1. The molecule has 0 radical (unpaired) electrons. The lowest BCUT2D eigenvalue weighted by Gasteiger charge is -2.02. The molecule has 82 valence electrons. The minimum Gasteiger partial charge on any atom is -0.384 e. The highest BCUT2D eigenvalue weighted by Gasteiger charge is 2.02. The van der Waals surface area contributed by atoms with Crippen molar-refractivity contribution in [2.45, 2.75) is 18.2 Å². The summed E-state index contributed by atoms with van der Waals surface area (Å²) in [4.78, 5) is 12.5. The van der Waals surface area contributed by atoms with Crippen molar-refractivity contribution in [1.82, 2.24) is 0 Å². The zero-order valence-corrected chi connectivity index (χ0v) is 9.97. The van der Waals surface area contributed by atoms with Crippen LogP contribution in [-0.2, 0) is 9.53 Å². The van der Waals surface area contributed by atoms with Crippen LogP contribution in [0.3, 0.4) is 0 Å². The molecule has 0 saturated heterocycles. The van der Waals surface area contributed by atoms with Crippen LogP contribution < -0.4 is 0 Å². The van der Waals surface area contributed by atoms with Crippen LogP contribution in [0.25, 0.3) is 0 Å². The normalized spacial score (nSPS) is 10.3. The van der Waals surface area contributed by atoms with Gasteiger partial charge in [0.25, 0.3) is 0 Å². The summed E-state index contributed by atoms with van der Waals surface area (Å²) in [6, 6.07) is 8.18. The number of Topliss-reactive ketones (excluding diaryl/α,β-unsaturated/α-hetero) is 1. The zero-order valence-electron chi connectivity index (χ0n) is 9.16. The number of ether oxygens (including phenoxy) is 1. The maximum absolute atomic E-state index is 11.4. The van der Waals surface area contributed by atoms with Crippen molar-refractivity contribution < 1.29 is 9.53 Å². The van der Waals surface area contributed by atoms with E-state index in [1.54, 1.807) is 18.9 Å². The van der Waals surface area contributed by atoms with Crippen molar-refractivity contribution in [2.24, 2.45) is 0 Å². The molecule has 0 unspecified atom stereocenters. The Morgan fingerprint density at radius 1 is 1.47 bits per heavy atom. The molecule has 1 aromatic carbocycles. The Labute approximate surface area is 95.0 Å². The van der Waals surface area contributed by atoms with Gasteiger partial charge in [0.2, 0.25) is 0 Å². The minimum absolute atomic E-state index is 0.239. The van der Waals surface area contributed by atoms with E-state index < -0.39 is 0 Å². The number of hydrogen-bond acceptors (Lipinski definition) is 3. The van der Waals surface area contributed by atoms with Crippen molar-refractivity contribution in [2.75, 3.05) is 19.5 Å². The molecule has 0 aliphatic rings. The van der Waals surface area contributed by atoms with E-state index in [1.807, 2.05) is 12.1 Å². The van der Waals surface area contributed by atoms with Crippen molar-refractivity contribution in [3.8, 4) is 0 Å². The van der Waals surface area contributed by atoms with Gasteiger partial charge in [-0.15, -0.1) is 11.8 Å². The molecule has 0 aliphatic heterocycles. The molecule has 0 N–H and O–H groups in total. The van der Waals surface area contributed by atoms with Crippen molar-refractivity contribution in [1.29, 1.82) is 0 Å². The predicted molar refractivity (Wildman–Crippen MR) is 63.4 cm³/mol. The minimum atomic E-state index is 0.239. The second-order valence-corrected chi connectivity index (χ2v) is 4.44. The van der Waals surface area contributed by atoms with Gasteiger partial charge in [-0.2, -0.15) is 0 Å². The summed E-state index contributed by atoms with van der Waals surface area (Å²) in [5, 5.41) is 0. The number of rotatable bonds is 6. The number of hydrogen-bond donors (Lipinski definition) is 0. The van der Waals surface area contributed by atoms with E-state index in [-0.39, 0.29) is 5.78 Å². The Hall–Kier alpha value is -0.800. The number of benzene rings is 1. The predicted octanol–water partition coefficient (Wildman–Crippen LogP) is 2.69. The maximum atomic E-state index is 11.4. The highest BCUT2D eigenvalue weighted by atomic mass is 32.2. The van der Waals surface area contributed by atoms with Gasteiger partial charge in [-0.05, 0) is 19.1 Å². The van der Waals surface area contributed by atoms with Crippen LogP contribution in [-0.4, -0.2) is 25.3 Å². The van der Waals surface area contributed by atoms with E-state index in [0.717, 1.165) is 4.90 Å². The lowest BCUT2D eigenvalue weighted by atomic mass is 10.2. The Balaban J connectivity index is 2.33. The Morgan fingerprint density at radius 2 is 2.27 bits per heavy atom. The molecular weight excluding hydrogens is 208 g/mol. The highest BCUT2D eigenvalue weighted by molar-refractivity contribution is 8.00. The summed E-state index contributed by atoms with van der Waals surface area (Å²) < 4.78 is 4.85. The van der Waals surface area contributed by atoms with Crippen LogP contribution in [0.1, 0.15) is 12.0 Å². The summed E-state index contributed by atoms with van der Waals surface area (Å²) in [5.74, 6) is 0.774. The molecule has 1 rings (SSSR count). The number of methoxy groups -OCH3 is 1. The number of carbonyl (C=O) groups excluding carboxylic acids is 1. The monoisotopic (exact) mass is 224 g/mol. The largest absolute Gasteiger partial charge is 0.384 e. The Kier molecular flexibility index (Phi) is 5.43. The van der Waals surface area contributed by atoms with Crippen LogP contribution in [0, 0.1) is 6.92 Å². The fraction of sp³-hybridized carbons (Fsp3) is 0.417. The standard InChI is InChI=1S/C12H16O2S/c1-10-4-3-5-12(8-10)15-9-11(13)6-7-14-2/h3-5,8H,6-7,9H2,1-2H3. The van der Waals surface area contributed by atoms with Gasteiger partial charge in [0.1, 0.15) is 5.78 Å². The molecule has 0 atom stereocenters. The van der Waals surface area contributed by atoms with Crippen molar-refractivity contribution in [3.63, 3.8) is 0 Å². The molecule has 0 aliphatic carbocycles. The molecule has 0 heterocycles. The second-order valence-electron chi connectivity index (χ2n) is 3.39. The first-order chi connectivity index (χ1) is 7.22. The molecule has 0 aromatic heterocycles. The average molecular weight is 224 g/mol. The Morgan fingerprint density at radius 3 is 2.93 bits per heavy atom. The quantitative estimate of drug-likeness (QED) is 0.695. The van der Waals surface area contributed by atoms with Crippen molar-refractivity contribution >= 4 is 17.5 Å². The van der Waals surface area contributed by atoms with Crippen molar-refractivity contribution in [3.05, 3.63) is 29.8 Å². The van der Waals surface area contributed by atoms with Gasteiger partial charge in [-0.1, -0.05) is 17.7 Å². The van der Waals surface area contributed by atoms with E-state index in [9.17, 15) is 4.79 Å². The molecule has 15 heavy (non-hydrogen) atoms. The SMILES string of the molecule is COCCC(=O)CSc1cccc(C)c1. The van der Waals surface area contributed by atoms with Gasteiger partial charge >= 0.3 is 0 Å². The van der Waals surface area contributed by atoms with Gasteiger partial charge in [-0.3, -0.25) is 4.79 Å². The summed E-state index contributed by atoms with van der Waals surface area (Å²) in [6.45, 7) is 2.57. The highest BCUT2D eigenvalue weighted by Crippen LogP contribution is 2.19. The average Bonchev–Trinajstić information content (AvgIpc) is 2.23. The van der Waals surface area contributed by atoms with Crippen LogP contribution in [0.4, 0.5) is 0 Å². The van der Waals surface area contributed by atoms with Crippen LogP contribution in [0.15, 0.2) is 29.2 Å². The van der Waals surface area contributed by atoms with Gasteiger partial charge in [0.05, 0.1) is 12.4 Å². The maximum Gasteiger partial charge on any atom is 0.145 e. The topological polar surface area (TPSA) is 26.3 Å².